The summed E-state index contributed by atoms with van der Waals surface area (Å²) in [6.45, 7) is 2.22. The second-order valence-electron chi connectivity index (χ2n) is 7.40. The molecule has 0 aliphatic carbocycles. The Morgan fingerprint density at radius 2 is 2.19 bits per heavy atom. The topological polar surface area (TPSA) is 80.4 Å². The lowest BCUT2D eigenvalue weighted by atomic mass is 9.79. The second-order valence-corrected chi connectivity index (χ2v) is 7.40. The molecular formula is C20H21N5O2. The van der Waals surface area contributed by atoms with Gasteiger partial charge in [-0.1, -0.05) is 6.07 Å². The van der Waals surface area contributed by atoms with E-state index in [1.165, 1.54) is 0 Å². The first-order valence-corrected chi connectivity index (χ1v) is 9.34. The summed E-state index contributed by atoms with van der Waals surface area (Å²) in [5.74, 6) is 0.572. The number of carbonyl (C=O) groups excluding carboxylic acids is 1. The van der Waals surface area contributed by atoms with Crippen LogP contribution in [0.3, 0.4) is 0 Å². The van der Waals surface area contributed by atoms with Gasteiger partial charge < -0.3 is 19.6 Å². The Balaban J connectivity index is 1.40. The van der Waals surface area contributed by atoms with Crippen molar-refractivity contribution < 1.29 is 4.79 Å². The fourth-order valence-electron chi connectivity index (χ4n) is 4.52. The van der Waals surface area contributed by atoms with E-state index in [4.69, 9.17) is 0 Å². The standard InChI is InChI=1S/C20H21N5O2/c26-19-3-1-2-16-14-8-15(10-21-9-14)17(25(16)19)11-23-20(27)13-4-5-18-22-6-7-24(18)12-13/h1-7,12,14-15,17,21H,8-11H2,(H,23,27)/t14-,15+,17+/m1/s1. The van der Waals surface area contributed by atoms with Gasteiger partial charge in [0.25, 0.3) is 11.5 Å². The molecule has 138 valence electrons. The Morgan fingerprint density at radius 1 is 1.26 bits per heavy atom. The minimum absolute atomic E-state index is 0.0168. The summed E-state index contributed by atoms with van der Waals surface area (Å²) in [6.07, 6.45) is 6.35. The predicted molar refractivity (Wildman–Crippen MR) is 101 cm³/mol. The fourth-order valence-corrected chi connectivity index (χ4v) is 4.52. The van der Waals surface area contributed by atoms with Gasteiger partial charge in [-0.3, -0.25) is 9.59 Å². The average Bonchev–Trinajstić information content (AvgIpc) is 3.16. The van der Waals surface area contributed by atoms with Crippen LogP contribution in [0.1, 0.15) is 34.4 Å². The number of imidazole rings is 1. The second kappa shape index (κ2) is 6.35. The first-order chi connectivity index (χ1) is 13.2. The molecule has 2 N–H and O–H groups in total. The van der Waals surface area contributed by atoms with Crippen molar-refractivity contribution in [3.05, 3.63) is 70.5 Å². The number of rotatable bonds is 3. The van der Waals surface area contributed by atoms with Crippen molar-refractivity contribution in [2.75, 3.05) is 19.6 Å². The van der Waals surface area contributed by atoms with Gasteiger partial charge >= 0.3 is 0 Å². The summed E-state index contributed by atoms with van der Waals surface area (Å²) in [6, 6.07) is 9.05. The molecule has 2 aliphatic heterocycles. The molecule has 0 radical (unpaired) electrons. The first kappa shape index (κ1) is 16.3. The highest BCUT2D eigenvalue weighted by atomic mass is 16.1. The van der Waals surface area contributed by atoms with E-state index in [1.54, 1.807) is 24.5 Å². The van der Waals surface area contributed by atoms with E-state index in [9.17, 15) is 9.59 Å². The Morgan fingerprint density at radius 3 is 3.11 bits per heavy atom. The average molecular weight is 363 g/mol. The molecule has 0 saturated carbocycles. The fraction of sp³-hybridized carbons (Fsp3) is 0.350. The number of pyridine rings is 2. The maximum atomic E-state index is 12.7. The third-order valence-electron chi connectivity index (χ3n) is 5.82. The van der Waals surface area contributed by atoms with E-state index in [0.29, 0.717) is 23.9 Å². The molecule has 2 aliphatic rings. The van der Waals surface area contributed by atoms with Crippen molar-refractivity contribution >= 4 is 11.6 Å². The highest BCUT2D eigenvalue weighted by Gasteiger charge is 2.37. The number of nitrogens with one attached hydrogen (secondary N) is 2. The van der Waals surface area contributed by atoms with Crippen LogP contribution in [0.15, 0.2) is 53.7 Å². The molecule has 5 heterocycles. The van der Waals surface area contributed by atoms with E-state index in [0.717, 1.165) is 30.9 Å². The van der Waals surface area contributed by atoms with E-state index >= 15 is 0 Å². The molecule has 7 heteroatoms. The monoisotopic (exact) mass is 363 g/mol. The summed E-state index contributed by atoms with van der Waals surface area (Å²) in [5.41, 5.74) is 2.48. The van der Waals surface area contributed by atoms with Gasteiger partial charge in [-0.15, -0.1) is 0 Å². The van der Waals surface area contributed by atoms with Crippen LogP contribution in [0, 0.1) is 5.92 Å². The van der Waals surface area contributed by atoms with Crippen LogP contribution in [0.4, 0.5) is 0 Å². The quantitative estimate of drug-likeness (QED) is 0.732. The van der Waals surface area contributed by atoms with Gasteiger partial charge in [0.2, 0.25) is 0 Å². The molecule has 7 nitrogen and oxygen atoms in total. The molecule has 5 rings (SSSR count). The molecule has 0 spiro atoms. The zero-order valence-electron chi connectivity index (χ0n) is 14.8. The zero-order valence-corrected chi connectivity index (χ0v) is 14.8. The number of fused-ring (bicyclic) bond motifs is 5. The Bertz CT molecular complexity index is 1070. The van der Waals surface area contributed by atoms with Gasteiger partial charge in [0, 0.05) is 55.9 Å². The molecule has 3 atom stereocenters. The number of amides is 1. The number of piperidine rings is 1. The van der Waals surface area contributed by atoms with Crippen molar-refractivity contribution in [2.45, 2.75) is 18.4 Å². The zero-order chi connectivity index (χ0) is 18.4. The molecule has 27 heavy (non-hydrogen) atoms. The van der Waals surface area contributed by atoms with Gasteiger partial charge in [-0.25, -0.2) is 4.98 Å². The van der Waals surface area contributed by atoms with Gasteiger partial charge in [-0.2, -0.15) is 0 Å². The van der Waals surface area contributed by atoms with E-state index in [1.807, 2.05) is 33.4 Å². The first-order valence-electron chi connectivity index (χ1n) is 9.34. The summed E-state index contributed by atoms with van der Waals surface area (Å²) >= 11 is 0. The van der Waals surface area contributed by atoms with E-state index in [2.05, 4.69) is 15.6 Å². The van der Waals surface area contributed by atoms with Crippen molar-refractivity contribution in [3.8, 4) is 0 Å². The van der Waals surface area contributed by atoms with E-state index in [-0.39, 0.29) is 17.5 Å². The lowest BCUT2D eigenvalue weighted by Crippen LogP contribution is -2.50. The minimum Gasteiger partial charge on any atom is -0.350 e. The molecule has 0 aromatic carbocycles. The van der Waals surface area contributed by atoms with Crippen LogP contribution in [0.25, 0.3) is 5.65 Å². The molecule has 1 saturated heterocycles. The lowest BCUT2D eigenvalue weighted by Gasteiger charge is -2.43. The van der Waals surface area contributed by atoms with Crippen LogP contribution in [-0.2, 0) is 0 Å². The SMILES string of the molecule is O=C(NC[C@H]1[C@@H]2CNC[C@@H](C2)c2cccc(=O)n21)c1ccc2nccn2c1. The number of carbonyl (C=O) groups is 1. The van der Waals surface area contributed by atoms with Crippen molar-refractivity contribution in [1.82, 2.24) is 24.6 Å². The van der Waals surface area contributed by atoms with Crippen LogP contribution in [0.2, 0.25) is 0 Å². The van der Waals surface area contributed by atoms with Gasteiger partial charge in [0.15, 0.2) is 0 Å². The van der Waals surface area contributed by atoms with Gasteiger partial charge in [0.05, 0.1) is 11.6 Å². The van der Waals surface area contributed by atoms with Crippen LogP contribution in [0.5, 0.6) is 0 Å². The number of hydrogen-bond acceptors (Lipinski definition) is 4. The third-order valence-corrected chi connectivity index (χ3v) is 5.82. The Hall–Kier alpha value is -2.93. The maximum absolute atomic E-state index is 12.7. The summed E-state index contributed by atoms with van der Waals surface area (Å²) in [7, 11) is 0. The lowest BCUT2D eigenvalue weighted by molar-refractivity contribution is 0.0932. The molecule has 3 aromatic heterocycles. The number of nitrogens with zero attached hydrogens (tertiary/aromatic N) is 3. The van der Waals surface area contributed by atoms with E-state index < -0.39 is 0 Å². The molecule has 3 aromatic rings. The van der Waals surface area contributed by atoms with Crippen LogP contribution in [-0.4, -0.2) is 39.5 Å². The highest BCUT2D eigenvalue weighted by molar-refractivity contribution is 5.94. The number of hydrogen-bond donors (Lipinski definition) is 2. The molecule has 1 amide bonds. The van der Waals surface area contributed by atoms with Crippen molar-refractivity contribution in [2.24, 2.45) is 5.92 Å². The largest absolute Gasteiger partial charge is 0.350 e. The third kappa shape index (κ3) is 2.75. The number of aromatic nitrogens is 3. The van der Waals surface area contributed by atoms with Crippen LogP contribution < -0.4 is 16.2 Å². The smallest absolute Gasteiger partial charge is 0.252 e. The summed E-state index contributed by atoms with van der Waals surface area (Å²) in [5, 5.41) is 6.51. The Kier molecular flexibility index (Phi) is 3.82. The highest BCUT2D eigenvalue weighted by Crippen LogP contribution is 2.38. The molecule has 2 bridgehead atoms. The van der Waals surface area contributed by atoms with Crippen molar-refractivity contribution in [1.29, 1.82) is 0 Å². The van der Waals surface area contributed by atoms with Gasteiger partial charge in [-0.05, 0) is 30.5 Å². The predicted octanol–water partition coefficient (Wildman–Crippen LogP) is 1.17. The summed E-state index contributed by atoms with van der Waals surface area (Å²) < 4.78 is 3.73. The normalized spacial score (nSPS) is 23.8. The molecular weight excluding hydrogens is 342 g/mol. The summed E-state index contributed by atoms with van der Waals surface area (Å²) in [4.78, 5) is 29.4. The van der Waals surface area contributed by atoms with Crippen LogP contribution >= 0.6 is 0 Å². The van der Waals surface area contributed by atoms with Gasteiger partial charge in [0.1, 0.15) is 5.65 Å². The molecule has 0 unspecified atom stereocenters. The maximum Gasteiger partial charge on any atom is 0.252 e. The minimum atomic E-state index is -0.137. The van der Waals surface area contributed by atoms with Crippen molar-refractivity contribution in [3.63, 3.8) is 0 Å². The Labute approximate surface area is 156 Å². The molecule has 1 fully saturated rings.